The van der Waals surface area contributed by atoms with E-state index >= 15 is 0 Å². The molecule has 0 atom stereocenters. The number of nitrogens with zero attached hydrogens (tertiary/aromatic N) is 2. The minimum Gasteiger partial charge on any atom is -0.345 e. The number of aromatic nitrogens is 1. The summed E-state index contributed by atoms with van der Waals surface area (Å²) in [5.74, 6) is -0.221. The Morgan fingerprint density at radius 3 is 2.53 bits per heavy atom. The summed E-state index contributed by atoms with van der Waals surface area (Å²) < 4.78 is 23.7. The fourth-order valence-electron chi connectivity index (χ4n) is 1.51. The highest BCUT2D eigenvalue weighted by Gasteiger charge is 2.20. The van der Waals surface area contributed by atoms with Gasteiger partial charge < -0.3 is 9.47 Å². The Labute approximate surface area is 105 Å². The topological polar surface area (TPSA) is 59.4 Å². The van der Waals surface area contributed by atoms with Crippen LogP contribution in [-0.4, -0.2) is 37.4 Å². The maximum atomic E-state index is 12.0. The number of hydrogen-bond donors (Lipinski definition) is 0. The first-order valence-electron chi connectivity index (χ1n) is 5.14. The monoisotopic (exact) mass is 278 g/mol. The molecule has 0 radical (unpaired) electrons. The van der Waals surface area contributed by atoms with Crippen molar-refractivity contribution in [3.05, 3.63) is 18.0 Å². The summed E-state index contributed by atoms with van der Waals surface area (Å²) in [5.41, 5.74) is 0.306. The predicted octanol–water partition coefficient (Wildman–Crippen LogP) is 1.43. The third-order valence-electron chi connectivity index (χ3n) is 2.39. The van der Waals surface area contributed by atoms with Crippen LogP contribution < -0.4 is 0 Å². The fourth-order valence-corrected chi connectivity index (χ4v) is 2.30. The molecule has 0 aromatic carbocycles. The summed E-state index contributed by atoms with van der Waals surface area (Å²) >= 11 is 0. The van der Waals surface area contributed by atoms with Crippen molar-refractivity contribution >= 4 is 25.6 Å². The third-order valence-corrected chi connectivity index (χ3v) is 3.71. The Morgan fingerprint density at radius 1 is 1.53 bits per heavy atom. The molecule has 0 spiro atoms. The van der Waals surface area contributed by atoms with Crippen molar-refractivity contribution in [2.75, 3.05) is 13.6 Å². The fraction of sp³-hybridized carbons (Fsp3) is 0.500. The van der Waals surface area contributed by atoms with Crippen LogP contribution in [0.2, 0.25) is 0 Å². The van der Waals surface area contributed by atoms with Crippen LogP contribution in [0.4, 0.5) is 0 Å². The van der Waals surface area contributed by atoms with Gasteiger partial charge in [-0.1, -0.05) is 6.92 Å². The molecule has 0 aliphatic heterocycles. The van der Waals surface area contributed by atoms with Crippen molar-refractivity contribution in [1.29, 1.82) is 0 Å². The largest absolute Gasteiger partial charge is 0.345 e. The highest BCUT2D eigenvalue weighted by Crippen LogP contribution is 2.18. The summed E-state index contributed by atoms with van der Waals surface area (Å²) in [5, 5.41) is 0. The molecule has 0 aliphatic carbocycles. The second-order valence-electron chi connectivity index (χ2n) is 3.84. The van der Waals surface area contributed by atoms with E-state index in [1.54, 1.807) is 19.0 Å². The lowest BCUT2D eigenvalue weighted by molar-refractivity contribution is 0.0785. The summed E-state index contributed by atoms with van der Waals surface area (Å²) in [4.78, 5) is 13.4. The molecule has 1 aromatic heterocycles. The molecule has 0 saturated heterocycles. The molecule has 17 heavy (non-hydrogen) atoms. The van der Waals surface area contributed by atoms with Gasteiger partial charge in [-0.05, 0) is 12.5 Å². The highest BCUT2D eigenvalue weighted by molar-refractivity contribution is 8.13. The van der Waals surface area contributed by atoms with E-state index in [1.807, 2.05) is 6.92 Å². The van der Waals surface area contributed by atoms with Gasteiger partial charge in [-0.15, -0.1) is 0 Å². The van der Waals surface area contributed by atoms with Gasteiger partial charge >= 0.3 is 0 Å². The molecule has 0 saturated carbocycles. The number of carbonyl (C=O) groups is 1. The van der Waals surface area contributed by atoms with Gasteiger partial charge in [0, 0.05) is 37.5 Å². The molecular formula is C10H15ClN2O3S. The van der Waals surface area contributed by atoms with Crippen LogP contribution in [-0.2, 0) is 16.1 Å². The molecule has 5 nitrogen and oxygen atoms in total. The highest BCUT2D eigenvalue weighted by atomic mass is 35.7. The minimum absolute atomic E-state index is 0.0603. The van der Waals surface area contributed by atoms with E-state index in [-0.39, 0.29) is 10.8 Å². The van der Waals surface area contributed by atoms with Gasteiger partial charge in [0.2, 0.25) is 0 Å². The molecule has 1 heterocycles. The Morgan fingerprint density at radius 2 is 2.12 bits per heavy atom. The number of aryl methyl sites for hydroxylation is 1. The summed E-state index contributed by atoms with van der Waals surface area (Å²) in [6.07, 6.45) is 2.17. The van der Waals surface area contributed by atoms with Gasteiger partial charge in [0.15, 0.2) is 0 Å². The van der Waals surface area contributed by atoms with Crippen LogP contribution in [0.3, 0.4) is 0 Å². The predicted molar refractivity (Wildman–Crippen MR) is 65.7 cm³/mol. The molecule has 7 heteroatoms. The van der Waals surface area contributed by atoms with Crippen molar-refractivity contribution in [3.8, 4) is 0 Å². The van der Waals surface area contributed by atoms with E-state index in [0.717, 1.165) is 6.42 Å². The second-order valence-corrected chi connectivity index (χ2v) is 6.40. The zero-order valence-electron chi connectivity index (χ0n) is 9.97. The average Bonchev–Trinajstić information content (AvgIpc) is 2.59. The van der Waals surface area contributed by atoms with Crippen LogP contribution in [0.15, 0.2) is 17.2 Å². The van der Waals surface area contributed by atoms with Gasteiger partial charge in [0.25, 0.3) is 15.0 Å². The SMILES string of the molecule is CCCN(C)C(=O)c1cc(S(=O)(=O)Cl)cn1C. The van der Waals surface area contributed by atoms with Gasteiger partial charge in [-0.3, -0.25) is 4.79 Å². The van der Waals surface area contributed by atoms with Gasteiger partial charge in [-0.25, -0.2) is 8.42 Å². The normalized spacial score (nSPS) is 11.5. The van der Waals surface area contributed by atoms with Crippen LogP contribution in [0.25, 0.3) is 0 Å². The van der Waals surface area contributed by atoms with E-state index in [0.29, 0.717) is 12.2 Å². The number of halogens is 1. The van der Waals surface area contributed by atoms with Crippen molar-refractivity contribution in [3.63, 3.8) is 0 Å². The van der Waals surface area contributed by atoms with Crippen molar-refractivity contribution < 1.29 is 13.2 Å². The average molecular weight is 279 g/mol. The lowest BCUT2D eigenvalue weighted by Gasteiger charge is -2.16. The van der Waals surface area contributed by atoms with E-state index in [9.17, 15) is 13.2 Å². The molecule has 1 rings (SSSR count). The Hall–Kier alpha value is -1.01. The zero-order chi connectivity index (χ0) is 13.2. The van der Waals surface area contributed by atoms with Gasteiger partial charge in [0.1, 0.15) is 10.6 Å². The first-order valence-corrected chi connectivity index (χ1v) is 7.44. The maximum absolute atomic E-state index is 12.0. The lowest BCUT2D eigenvalue weighted by atomic mass is 10.3. The molecule has 0 aliphatic rings. The molecule has 1 amide bonds. The van der Waals surface area contributed by atoms with E-state index in [2.05, 4.69) is 0 Å². The molecule has 0 bridgehead atoms. The van der Waals surface area contributed by atoms with Crippen molar-refractivity contribution in [1.82, 2.24) is 9.47 Å². The van der Waals surface area contributed by atoms with Crippen LogP contribution in [0.1, 0.15) is 23.8 Å². The summed E-state index contributed by atoms with van der Waals surface area (Å²) in [7, 11) is 4.71. The Balaban J connectivity index is 3.08. The second kappa shape index (κ2) is 5.10. The van der Waals surface area contributed by atoms with Crippen molar-refractivity contribution in [2.24, 2.45) is 7.05 Å². The van der Waals surface area contributed by atoms with E-state index < -0.39 is 9.05 Å². The number of carbonyl (C=O) groups excluding carboxylic acids is 1. The van der Waals surface area contributed by atoms with E-state index in [1.165, 1.54) is 16.8 Å². The number of hydrogen-bond acceptors (Lipinski definition) is 3. The molecule has 1 aromatic rings. The minimum atomic E-state index is -3.80. The number of amides is 1. The molecule has 0 fully saturated rings. The quantitative estimate of drug-likeness (QED) is 0.783. The van der Waals surface area contributed by atoms with Crippen LogP contribution in [0.5, 0.6) is 0 Å². The smallest absolute Gasteiger partial charge is 0.270 e. The first kappa shape index (κ1) is 14.1. The third kappa shape index (κ3) is 3.23. The molecule has 0 N–H and O–H groups in total. The molecule has 0 unspecified atom stereocenters. The molecular weight excluding hydrogens is 264 g/mol. The Kier molecular flexibility index (Phi) is 4.21. The van der Waals surface area contributed by atoms with Crippen LogP contribution in [0, 0.1) is 0 Å². The first-order chi connectivity index (χ1) is 7.77. The number of rotatable bonds is 4. The zero-order valence-corrected chi connectivity index (χ0v) is 11.5. The lowest BCUT2D eigenvalue weighted by Crippen LogP contribution is -2.28. The Bertz CT molecular complexity index is 522. The van der Waals surface area contributed by atoms with Gasteiger partial charge in [-0.2, -0.15) is 0 Å². The van der Waals surface area contributed by atoms with E-state index in [4.69, 9.17) is 10.7 Å². The standard InChI is InChI=1S/C10H15ClN2O3S/c1-4-5-12(2)10(14)9-6-8(7-13(9)3)17(11,15)16/h6-7H,4-5H2,1-3H3. The summed E-state index contributed by atoms with van der Waals surface area (Å²) in [6.45, 7) is 2.58. The van der Waals surface area contributed by atoms with Crippen LogP contribution >= 0.6 is 10.7 Å². The summed E-state index contributed by atoms with van der Waals surface area (Å²) in [6, 6.07) is 1.29. The van der Waals surface area contributed by atoms with Gasteiger partial charge in [0.05, 0.1) is 0 Å². The van der Waals surface area contributed by atoms with Crippen molar-refractivity contribution in [2.45, 2.75) is 18.2 Å². The molecule has 96 valence electrons. The maximum Gasteiger partial charge on any atom is 0.270 e.